The third-order valence-corrected chi connectivity index (χ3v) is 10.1. The molecule has 1 heterocycles. The number of fused-ring (bicyclic) bond motifs is 1. The lowest BCUT2D eigenvalue weighted by Gasteiger charge is -2.28. The second-order valence-corrected chi connectivity index (χ2v) is 14.4. The normalized spacial score (nSPS) is 16.0. The van der Waals surface area contributed by atoms with Crippen molar-refractivity contribution in [1.29, 1.82) is 0 Å². The molecule has 1 amide bonds. The molecular weight excluding hydrogens is 699 g/mol. The minimum absolute atomic E-state index is 0.0202. The van der Waals surface area contributed by atoms with Crippen LogP contribution >= 0.6 is 0 Å². The summed E-state index contributed by atoms with van der Waals surface area (Å²) in [5, 5.41) is 6.50. The van der Waals surface area contributed by atoms with Crippen molar-refractivity contribution in [3.63, 3.8) is 0 Å². The van der Waals surface area contributed by atoms with Gasteiger partial charge in [0.15, 0.2) is 0 Å². The van der Waals surface area contributed by atoms with Crippen LogP contribution in [0.5, 0.6) is 0 Å². The van der Waals surface area contributed by atoms with Gasteiger partial charge in [0.1, 0.15) is 0 Å². The largest absolute Gasteiger partial charge is 0.377 e. The number of alkyl halides is 2. The Morgan fingerprint density at radius 3 is 2.38 bits per heavy atom. The van der Waals surface area contributed by atoms with Crippen LogP contribution in [0.3, 0.4) is 0 Å². The van der Waals surface area contributed by atoms with Gasteiger partial charge in [-0.3, -0.25) is 9.78 Å². The van der Waals surface area contributed by atoms with Crippen molar-refractivity contribution < 1.29 is 13.6 Å². The standard InChI is InChI=1S/C35H38F2N2O.C14H22N2/c1-4-13-27(23-29-24-35(36,37)31-20-11-10-19-30(29)31)25-38-32(14-5-2)34(40)39(22-21-26-15-12-16-26)33(6-3)28-17-8-7-9-18-28;1-5-12(3)14-6-7-16-10-13(14)8-11(2)9-15-4/h4,6-11,13-14,17-21,23-24,38H,5,12,15-16,22,25H2,1-3H3;6-8,10,12,15H,5,9H2,1-4H3/b13-4-,27-23+,32-14-,33-6-;11-8+. The highest BCUT2D eigenvalue weighted by Gasteiger charge is 2.37. The predicted octanol–water partition coefficient (Wildman–Crippen LogP) is 11.8. The molecule has 2 aliphatic rings. The van der Waals surface area contributed by atoms with E-state index in [4.69, 9.17) is 0 Å². The number of allylic oxidation sites excluding steroid dienone is 7. The zero-order chi connectivity index (χ0) is 40.5. The summed E-state index contributed by atoms with van der Waals surface area (Å²) in [5.41, 5.74) is 9.52. The van der Waals surface area contributed by atoms with Gasteiger partial charge in [0.25, 0.3) is 11.8 Å². The minimum Gasteiger partial charge on any atom is -0.377 e. The van der Waals surface area contributed by atoms with Crippen LogP contribution < -0.4 is 10.6 Å². The van der Waals surface area contributed by atoms with Gasteiger partial charge in [-0.25, -0.2) is 0 Å². The Hall–Kier alpha value is -5.14. The summed E-state index contributed by atoms with van der Waals surface area (Å²) in [4.78, 5) is 20.1. The molecule has 5 nitrogen and oxygen atoms in total. The van der Waals surface area contributed by atoms with E-state index in [9.17, 15) is 13.6 Å². The van der Waals surface area contributed by atoms with Gasteiger partial charge in [-0.1, -0.05) is 123 Å². The number of amides is 1. The average molecular weight is 759 g/mol. The molecule has 0 bridgehead atoms. The topological polar surface area (TPSA) is 57.3 Å². The van der Waals surface area contributed by atoms with Crippen molar-refractivity contribution in [3.8, 4) is 0 Å². The SMILES string of the molecule is C/C=C\C(=C/C1=CC(F)(F)c2ccccc21)CN/C(=C\CC)C(=O)N(CC=C1CCC1)/C(=C\C)c1ccccc1.CCC(C)c1ccncc1/C=C(\C)CNC. The molecule has 1 saturated carbocycles. The number of benzene rings is 2. The van der Waals surface area contributed by atoms with E-state index in [-0.39, 0.29) is 11.5 Å². The molecule has 3 aromatic rings. The third-order valence-electron chi connectivity index (χ3n) is 10.1. The fourth-order valence-corrected chi connectivity index (χ4v) is 6.83. The maximum absolute atomic E-state index is 14.6. The molecule has 7 heteroatoms. The molecule has 0 spiro atoms. The van der Waals surface area contributed by atoms with Crippen molar-refractivity contribution in [2.24, 2.45) is 0 Å². The number of hydrogen-bond acceptors (Lipinski definition) is 4. The van der Waals surface area contributed by atoms with Crippen molar-refractivity contribution in [2.45, 2.75) is 85.5 Å². The summed E-state index contributed by atoms with van der Waals surface area (Å²) in [5.74, 6) is -2.53. The molecule has 0 radical (unpaired) electrons. The van der Waals surface area contributed by atoms with Gasteiger partial charge in [0.05, 0.1) is 5.70 Å². The summed E-state index contributed by atoms with van der Waals surface area (Å²) in [7, 11) is 1.97. The van der Waals surface area contributed by atoms with Gasteiger partial charge in [-0.2, -0.15) is 8.78 Å². The first-order chi connectivity index (χ1) is 27.1. The molecule has 56 heavy (non-hydrogen) atoms. The Bertz CT molecular complexity index is 1980. The van der Waals surface area contributed by atoms with Crippen LogP contribution in [0.25, 0.3) is 17.3 Å². The van der Waals surface area contributed by atoms with Crippen molar-refractivity contribution >= 4 is 23.3 Å². The highest BCUT2D eigenvalue weighted by Crippen LogP contribution is 2.43. The first kappa shape index (κ1) is 43.6. The molecule has 1 aromatic heterocycles. The predicted molar refractivity (Wildman–Crippen MR) is 232 cm³/mol. The maximum Gasteiger partial charge on any atom is 0.293 e. The highest BCUT2D eigenvalue weighted by atomic mass is 19.3. The van der Waals surface area contributed by atoms with E-state index >= 15 is 0 Å². The van der Waals surface area contributed by atoms with Crippen LogP contribution in [0.2, 0.25) is 0 Å². The summed E-state index contributed by atoms with van der Waals surface area (Å²) >= 11 is 0. The molecule has 2 N–H and O–H groups in total. The quantitative estimate of drug-likeness (QED) is 0.0868. The average Bonchev–Trinajstić information content (AvgIpc) is 3.44. The Balaban J connectivity index is 0.000000364. The van der Waals surface area contributed by atoms with E-state index in [0.717, 1.165) is 48.7 Å². The van der Waals surface area contributed by atoms with E-state index in [2.05, 4.69) is 54.6 Å². The second-order valence-electron chi connectivity index (χ2n) is 14.4. The lowest BCUT2D eigenvalue weighted by molar-refractivity contribution is -0.124. The number of nitrogens with zero attached hydrogens (tertiary/aromatic N) is 2. The number of carbonyl (C=O) groups excluding carboxylic acids is 1. The van der Waals surface area contributed by atoms with Gasteiger partial charge < -0.3 is 15.5 Å². The molecule has 296 valence electrons. The van der Waals surface area contributed by atoms with E-state index in [1.165, 1.54) is 34.8 Å². The Morgan fingerprint density at radius 1 is 1.00 bits per heavy atom. The van der Waals surface area contributed by atoms with Gasteiger partial charge in [0, 0.05) is 43.3 Å². The third kappa shape index (κ3) is 11.9. The van der Waals surface area contributed by atoms with Gasteiger partial charge in [-0.05, 0) is 117 Å². The van der Waals surface area contributed by atoms with E-state index in [1.807, 2.05) is 99.7 Å². The number of nitrogens with one attached hydrogen (secondary N) is 2. The van der Waals surface area contributed by atoms with Crippen molar-refractivity contribution in [3.05, 3.63) is 166 Å². The number of pyridine rings is 1. The van der Waals surface area contributed by atoms with E-state index in [0.29, 0.717) is 42.3 Å². The zero-order valence-corrected chi connectivity index (χ0v) is 34.3. The van der Waals surface area contributed by atoms with Crippen molar-refractivity contribution in [1.82, 2.24) is 20.5 Å². The Morgan fingerprint density at radius 2 is 1.73 bits per heavy atom. The number of rotatable bonds is 16. The number of likely N-dealkylation sites (N-methyl/N-ethyl adjacent to an activating group) is 1. The van der Waals surface area contributed by atoms with Gasteiger partial charge in [-0.15, -0.1) is 0 Å². The van der Waals surface area contributed by atoms with Crippen molar-refractivity contribution in [2.75, 3.05) is 26.7 Å². The molecule has 1 fully saturated rings. The Labute approximate surface area is 334 Å². The first-order valence-corrected chi connectivity index (χ1v) is 20.0. The first-order valence-electron chi connectivity index (χ1n) is 20.0. The summed E-state index contributed by atoms with van der Waals surface area (Å²) in [6.07, 6.45) is 23.9. The summed E-state index contributed by atoms with van der Waals surface area (Å²) in [6.45, 7) is 14.2. The molecule has 5 rings (SSSR count). The number of hydrogen-bond donors (Lipinski definition) is 2. The number of carbonyl (C=O) groups is 1. The van der Waals surface area contributed by atoms with Gasteiger partial charge in [0.2, 0.25) is 0 Å². The number of halogens is 2. The molecule has 0 saturated heterocycles. The van der Waals surface area contributed by atoms with Crippen LogP contribution in [0, 0.1) is 0 Å². The monoisotopic (exact) mass is 758 g/mol. The fourth-order valence-electron chi connectivity index (χ4n) is 6.83. The molecule has 1 unspecified atom stereocenters. The highest BCUT2D eigenvalue weighted by molar-refractivity contribution is 5.98. The zero-order valence-electron chi connectivity index (χ0n) is 34.3. The number of aromatic nitrogens is 1. The van der Waals surface area contributed by atoms with Crippen LogP contribution in [0.1, 0.15) is 107 Å². The summed E-state index contributed by atoms with van der Waals surface area (Å²) in [6, 6.07) is 18.7. The molecular formula is C49H60F2N4O. The molecule has 1 atom stereocenters. The van der Waals surface area contributed by atoms with Crippen LogP contribution in [0.15, 0.2) is 138 Å². The van der Waals surface area contributed by atoms with Crippen LogP contribution in [-0.2, 0) is 10.7 Å². The molecule has 2 aliphatic carbocycles. The maximum atomic E-state index is 14.6. The van der Waals surface area contributed by atoms with Crippen LogP contribution in [-0.4, -0.2) is 42.5 Å². The van der Waals surface area contributed by atoms with E-state index in [1.54, 1.807) is 24.3 Å². The van der Waals surface area contributed by atoms with E-state index < -0.39 is 5.92 Å². The fraction of sp³-hybridized carbons (Fsp3) is 0.347. The Kier molecular flexibility index (Phi) is 17.0. The van der Waals surface area contributed by atoms with Crippen LogP contribution in [0.4, 0.5) is 8.78 Å². The lowest BCUT2D eigenvalue weighted by atomic mass is 9.92. The molecule has 0 aliphatic heterocycles. The van der Waals surface area contributed by atoms with Gasteiger partial charge >= 0.3 is 0 Å². The smallest absolute Gasteiger partial charge is 0.293 e. The minimum atomic E-state index is -3.00. The second kappa shape index (κ2) is 21.8. The lowest BCUT2D eigenvalue weighted by Crippen LogP contribution is -2.36. The summed E-state index contributed by atoms with van der Waals surface area (Å²) < 4.78 is 29.3. The molecule has 2 aromatic carbocycles.